The summed E-state index contributed by atoms with van der Waals surface area (Å²) in [6, 6.07) is 10.1. The fourth-order valence-corrected chi connectivity index (χ4v) is 2.35. The summed E-state index contributed by atoms with van der Waals surface area (Å²) in [6.07, 6.45) is 1.67. The van der Waals surface area contributed by atoms with E-state index in [9.17, 15) is 4.39 Å². The van der Waals surface area contributed by atoms with Gasteiger partial charge in [0, 0.05) is 11.9 Å². The van der Waals surface area contributed by atoms with Gasteiger partial charge in [0.2, 0.25) is 0 Å². The fourth-order valence-electron chi connectivity index (χ4n) is 1.58. The second-order valence-corrected chi connectivity index (χ2v) is 4.65. The van der Waals surface area contributed by atoms with E-state index in [-0.39, 0.29) is 5.82 Å². The van der Waals surface area contributed by atoms with Crippen molar-refractivity contribution in [2.45, 2.75) is 11.0 Å². The predicted molar refractivity (Wildman–Crippen MR) is 67.8 cm³/mol. The standard InChI is InChI=1S/C13H9FN2OS/c14-10-4-1-3-9(7-10)8-18-13-16-12-11(17-13)5-2-6-15-12/h1-7H,8H2. The van der Waals surface area contributed by atoms with Gasteiger partial charge in [-0.25, -0.2) is 9.37 Å². The van der Waals surface area contributed by atoms with Crippen molar-refractivity contribution >= 4 is 23.0 Å². The van der Waals surface area contributed by atoms with Crippen molar-refractivity contribution in [2.24, 2.45) is 0 Å². The molecule has 3 nitrogen and oxygen atoms in total. The summed E-state index contributed by atoms with van der Waals surface area (Å²) in [5.74, 6) is 0.386. The fraction of sp³-hybridized carbons (Fsp3) is 0.0769. The zero-order chi connectivity index (χ0) is 12.4. The maximum absolute atomic E-state index is 13.0. The van der Waals surface area contributed by atoms with Gasteiger partial charge in [-0.05, 0) is 29.8 Å². The smallest absolute Gasteiger partial charge is 0.258 e. The number of nitrogens with zero attached hydrogens (tertiary/aromatic N) is 2. The molecule has 3 rings (SSSR count). The van der Waals surface area contributed by atoms with Gasteiger partial charge >= 0.3 is 0 Å². The third kappa shape index (κ3) is 2.36. The van der Waals surface area contributed by atoms with Gasteiger partial charge in [0.15, 0.2) is 11.2 Å². The Balaban J connectivity index is 1.76. The Kier molecular flexibility index (Phi) is 2.98. The van der Waals surface area contributed by atoms with Crippen molar-refractivity contribution < 1.29 is 8.81 Å². The van der Waals surface area contributed by atoms with Crippen LogP contribution < -0.4 is 0 Å². The number of pyridine rings is 1. The van der Waals surface area contributed by atoms with Crippen LogP contribution in [-0.4, -0.2) is 9.97 Å². The second kappa shape index (κ2) is 4.78. The summed E-state index contributed by atoms with van der Waals surface area (Å²) < 4.78 is 18.5. The van der Waals surface area contributed by atoms with Gasteiger partial charge in [-0.3, -0.25) is 0 Å². The predicted octanol–water partition coefficient (Wildman–Crippen LogP) is 3.65. The van der Waals surface area contributed by atoms with Gasteiger partial charge in [-0.1, -0.05) is 23.9 Å². The molecular weight excluding hydrogens is 251 g/mol. The summed E-state index contributed by atoms with van der Waals surface area (Å²) in [5.41, 5.74) is 2.16. The normalized spacial score (nSPS) is 10.9. The molecule has 0 saturated heterocycles. The van der Waals surface area contributed by atoms with Crippen molar-refractivity contribution in [3.05, 3.63) is 54.0 Å². The van der Waals surface area contributed by atoms with E-state index in [2.05, 4.69) is 9.97 Å². The lowest BCUT2D eigenvalue weighted by Gasteiger charge is -1.97. The van der Waals surface area contributed by atoms with Crippen LogP contribution >= 0.6 is 11.8 Å². The first-order valence-electron chi connectivity index (χ1n) is 5.40. The Hall–Kier alpha value is -1.88. The number of hydrogen-bond donors (Lipinski definition) is 0. The topological polar surface area (TPSA) is 38.9 Å². The maximum atomic E-state index is 13.0. The summed E-state index contributed by atoms with van der Waals surface area (Å²) in [6.45, 7) is 0. The number of fused-ring (bicyclic) bond motifs is 1. The molecule has 3 aromatic rings. The van der Waals surface area contributed by atoms with Crippen molar-refractivity contribution in [1.82, 2.24) is 9.97 Å². The van der Waals surface area contributed by atoms with Crippen LogP contribution in [0.4, 0.5) is 4.39 Å². The number of aromatic nitrogens is 2. The first kappa shape index (κ1) is 11.2. The average molecular weight is 260 g/mol. The third-order valence-electron chi connectivity index (χ3n) is 2.40. The van der Waals surface area contributed by atoms with Crippen LogP contribution in [0, 0.1) is 5.82 Å². The lowest BCUT2D eigenvalue weighted by molar-refractivity contribution is 0.489. The van der Waals surface area contributed by atoms with E-state index in [0.29, 0.717) is 22.2 Å². The van der Waals surface area contributed by atoms with E-state index >= 15 is 0 Å². The summed E-state index contributed by atoms with van der Waals surface area (Å²) >= 11 is 1.42. The lowest BCUT2D eigenvalue weighted by atomic mass is 10.2. The molecule has 90 valence electrons. The Labute approximate surface area is 107 Å². The van der Waals surface area contributed by atoms with Crippen LogP contribution in [0.5, 0.6) is 0 Å². The number of thioether (sulfide) groups is 1. The monoisotopic (exact) mass is 260 g/mol. The Morgan fingerprint density at radius 3 is 3.00 bits per heavy atom. The summed E-state index contributed by atoms with van der Waals surface area (Å²) in [4.78, 5) is 8.33. The summed E-state index contributed by atoms with van der Waals surface area (Å²) in [7, 11) is 0. The van der Waals surface area contributed by atoms with E-state index in [0.717, 1.165) is 5.56 Å². The molecule has 0 aliphatic carbocycles. The highest BCUT2D eigenvalue weighted by atomic mass is 32.2. The molecule has 0 aliphatic heterocycles. The number of rotatable bonds is 3. The number of benzene rings is 1. The average Bonchev–Trinajstić information content (AvgIpc) is 2.79. The van der Waals surface area contributed by atoms with Gasteiger partial charge in [-0.15, -0.1) is 0 Å². The van der Waals surface area contributed by atoms with Crippen LogP contribution in [0.2, 0.25) is 0 Å². The highest BCUT2D eigenvalue weighted by Crippen LogP contribution is 2.25. The minimum Gasteiger partial charge on any atom is -0.430 e. The molecule has 2 aromatic heterocycles. The van der Waals surface area contributed by atoms with Crippen LogP contribution in [0.15, 0.2) is 52.2 Å². The summed E-state index contributed by atoms with van der Waals surface area (Å²) in [5, 5.41) is 0.549. The number of halogens is 1. The van der Waals surface area contributed by atoms with E-state index in [1.807, 2.05) is 12.1 Å². The Morgan fingerprint density at radius 2 is 2.17 bits per heavy atom. The largest absolute Gasteiger partial charge is 0.430 e. The molecule has 0 unspecified atom stereocenters. The van der Waals surface area contributed by atoms with Crippen molar-refractivity contribution in [3.8, 4) is 0 Å². The van der Waals surface area contributed by atoms with E-state index in [1.54, 1.807) is 18.3 Å². The molecule has 18 heavy (non-hydrogen) atoms. The van der Waals surface area contributed by atoms with Gasteiger partial charge in [0.1, 0.15) is 5.82 Å². The van der Waals surface area contributed by atoms with Crippen molar-refractivity contribution in [1.29, 1.82) is 0 Å². The highest BCUT2D eigenvalue weighted by Gasteiger charge is 2.07. The molecule has 0 fully saturated rings. The molecular formula is C13H9FN2OS. The van der Waals surface area contributed by atoms with Gasteiger partial charge in [0.05, 0.1) is 0 Å². The minimum absolute atomic E-state index is 0.229. The molecule has 5 heteroatoms. The van der Waals surface area contributed by atoms with Crippen LogP contribution in [0.3, 0.4) is 0 Å². The van der Waals surface area contributed by atoms with Gasteiger partial charge in [-0.2, -0.15) is 4.98 Å². The number of oxazole rings is 1. The molecule has 0 N–H and O–H groups in total. The maximum Gasteiger partial charge on any atom is 0.258 e. The van der Waals surface area contributed by atoms with Crippen molar-refractivity contribution in [2.75, 3.05) is 0 Å². The van der Waals surface area contributed by atoms with Crippen molar-refractivity contribution in [3.63, 3.8) is 0 Å². The molecule has 2 heterocycles. The highest BCUT2D eigenvalue weighted by molar-refractivity contribution is 7.98. The minimum atomic E-state index is -0.229. The Morgan fingerprint density at radius 1 is 1.22 bits per heavy atom. The van der Waals surface area contributed by atoms with Gasteiger partial charge in [0.25, 0.3) is 5.22 Å². The van der Waals surface area contributed by atoms with E-state index in [1.165, 1.54) is 23.9 Å². The SMILES string of the molecule is Fc1cccc(CSc2nc3ncccc3o2)c1. The molecule has 0 spiro atoms. The van der Waals surface area contributed by atoms with Crippen LogP contribution in [0.25, 0.3) is 11.2 Å². The zero-order valence-corrected chi connectivity index (χ0v) is 10.2. The second-order valence-electron chi connectivity index (χ2n) is 3.72. The third-order valence-corrected chi connectivity index (χ3v) is 3.30. The lowest BCUT2D eigenvalue weighted by Crippen LogP contribution is -1.82. The molecule has 0 atom stereocenters. The van der Waals surface area contributed by atoms with E-state index < -0.39 is 0 Å². The molecule has 0 amide bonds. The number of hydrogen-bond acceptors (Lipinski definition) is 4. The zero-order valence-electron chi connectivity index (χ0n) is 9.34. The van der Waals surface area contributed by atoms with Gasteiger partial charge < -0.3 is 4.42 Å². The van der Waals surface area contributed by atoms with Crippen LogP contribution in [0.1, 0.15) is 5.56 Å². The molecule has 0 aliphatic rings. The Bertz CT molecular complexity index is 650. The molecule has 0 bridgehead atoms. The quantitative estimate of drug-likeness (QED) is 0.674. The van der Waals surface area contributed by atoms with E-state index in [4.69, 9.17) is 4.42 Å². The molecule has 0 radical (unpaired) electrons. The van der Waals surface area contributed by atoms with Crippen LogP contribution in [-0.2, 0) is 5.75 Å². The molecule has 0 saturated carbocycles. The first-order valence-corrected chi connectivity index (χ1v) is 6.38. The molecule has 1 aromatic carbocycles. The first-order chi connectivity index (χ1) is 8.81.